The molecule has 0 aliphatic rings. The van der Waals surface area contributed by atoms with Crippen molar-refractivity contribution in [3.8, 4) is 0 Å². The number of rotatable bonds is 3. The van der Waals surface area contributed by atoms with Crippen LogP contribution in [-0.4, -0.2) is 29.7 Å². The highest BCUT2D eigenvalue weighted by Crippen LogP contribution is 2.17. The summed E-state index contributed by atoms with van der Waals surface area (Å²) in [4.78, 5) is 21.3. The van der Waals surface area contributed by atoms with E-state index >= 15 is 0 Å². The second-order valence-corrected chi connectivity index (χ2v) is 4.31. The lowest BCUT2D eigenvalue weighted by Crippen LogP contribution is -2.47. The van der Waals surface area contributed by atoms with Gasteiger partial charge in [0.15, 0.2) is 0 Å². The number of carbonyl (C=O) groups is 2. The summed E-state index contributed by atoms with van der Waals surface area (Å²) in [7, 11) is 0. The lowest BCUT2D eigenvalue weighted by molar-refractivity contribution is -0.135. The van der Waals surface area contributed by atoms with Gasteiger partial charge in [-0.05, 0) is 12.3 Å². The Balaban J connectivity index is 3.89. The maximum atomic E-state index is 11.1. The summed E-state index contributed by atoms with van der Waals surface area (Å²) in [6.45, 7) is 7.50. The predicted molar refractivity (Wildman–Crippen MR) is 53.1 cm³/mol. The fourth-order valence-electron chi connectivity index (χ4n) is 0.620. The lowest BCUT2D eigenvalue weighted by atomic mass is 9.88. The van der Waals surface area contributed by atoms with Gasteiger partial charge >= 0.3 is 12.0 Å². The zero-order chi connectivity index (χ0) is 11.4. The molecular weight excluding hydrogens is 184 g/mol. The first-order chi connectivity index (χ1) is 6.23. The van der Waals surface area contributed by atoms with Gasteiger partial charge in [-0.15, -0.1) is 0 Å². The second kappa shape index (κ2) is 4.83. The molecule has 82 valence electrons. The Hall–Kier alpha value is -1.26. The van der Waals surface area contributed by atoms with Crippen LogP contribution in [0.2, 0.25) is 0 Å². The highest BCUT2D eigenvalue weighted by Gasteiger charge is 2.21. The van der Waals surface area contributed by atoms with Crippen molar-refractivity contribution in [2.24, 2.45) is 5.41 Å². The molecule has 0 saturated heterocycles. The largest absolute Gasteiger partial charge is 0.480 e. The third-order valence-electron chi connectivity index (χ3n) is 2.05. The topological polar surface area (TPSA) is 78.4 Å². The number of hydrogen-bond acceptors (Lipinski definition) is 2. The highest BCUT2D eigenvalue weighted by atomic mass is 16.4. The van der Waals surface area contributed by atoms with Crippen LogP contribution in [0.4, 0.5) is 4.79 Å². The van der Waals surface area contributed by atoms with Gasteiger partial charge < -0.3 is 15.7 Å². The third kappa shape index (κ3) is 5.40. The molecule has 3 N–H and O–H groups in total. The molecule has 14 heavy (non-hydrogen) atoms. The fraction of sp³-hybridized carbons (Fsp3) is 0.778. The van der Waals surface area contributed by atoms with Crippen molar-refractivity contribution in [2.75, 3.05) is 6.54 Å². The average Bonchev–Trinajstić information content (AvgIpc) is 1.99. The molecule has 0 radical (unpaired) electrons. The Morgan fingerprint density at radius 2 is 1.86 bits per heavy atom. The first kappa shape index (κ1) is 12.7. The molecule has 0 spiro atoms. The Kier molecular flexibility index (Phi) is 4.40. The third-order valence-corrected chi connectivity index (χ3v) is 2.05. The van der Waals surface area contributed by atoms with Gasteiger partial charge in [0.1, 0.15) is 6.54 Å². The molecule has 5 nitrogen and oxygen atoms in total. The molecule has 0 saturated carbocycles. The van der Waals surface area contributed by atoms with Crippen LogP contribution in [0, 0.1) is 5.41 Å². The van der Waals surface area contributed by atoms with Crippen molar-refractivity contribution in [3.05, 3.63) is 0 Å². The number of nitrogens with one attached hydrogen (secondary N) is 2. The molecule has 0 aliphatic heterocycles. The number of carboxylic acid groups (broad SMARTS) is 1. The quantitative estimate of drug-likeness (QED) is 0.633. The molecular formula is C9H18N2O3. The summed E-state index contributed by atoms with van der Waals surface area (Å²) in [5.41, 5.74) is -0.0411. The van der Waals surface area contributed by atoms with E-state index in [1.165, 1.54) is 0 Å². The van der Waals surface area contributed by atoms with Crippen molar-refractivity contribution < 1.29 is 14.7 Å². The number of carboxylic acids is 1. The number of carbonyl (C=O) groups excluding carboxylic acids is 1. The van der Waals surface area contributed by atoms with E-state index < -0.39 is 12.0 Å². The van der Waals surface area contributed by atoms with E-state index in [2.05, 4.69) is 10.6 Å². The van der Waals surface area contributed by atoms with Crippen molar-refractivity contribution in [3.63, 3.8) is 0 Å². The smallest absolute Gasteiger partial charge is 0.323 e. The second-order valence-electron chi connectivity index (χ2n) is 4.31. The highest BCUT2D eigenvalue weighted by molar-refractivity contribution is 5.79. The monoisotopic (exact) mass is 202 g/mol. The van der Waals surface area contributed by atoms with E-state index in [9.17, 15) is 9.59 Å². The Labute approximate surface area is 83.9 Å². The van der Waals surface area contributed by atoms with Gasteiger partial charge in [-0.3, -0.25) is 4.79 Å². The van der Waals surface area contributed by atoms with Crippen LogP contribution in [0.15, 0.2) is 0 Å². The van der Waals surface area contributed by atoms with E-state index in [4.69, 9.17) is 5.11 Å². The van der Waals surface area contributed by atoms with Crippen LogP contribution in [-0.2, 0) is 4.79 Å². The predicted octanol–water partition coefficient (Wildman–Crippen LogP) is 0.805. The minimum absolute atomic E-state index is 0.0173. The zero-order valence-corrected chi connectivity index (χ0v) is 9.05. The van der Waals surface area contributed by atoms with Crippen LogP contribution in [0.25, 0.3) is 0 Å². The van der Waals surface area contributed by atoms with Gasteiger partial charge in [-0.2, -0.15) is 0 Å². The minimum Gasteiger partial charge on any atom is -0.480 e. The van der Waals surface area contributed by atoms with E-state index in [0.717, 1.165) is 0 Å². The fourth-order valence-corrected chi connectivity index (χ4v) is 0.620. The van der Waals surface area contributed by atoms with Crippen molar-refractivity contribution in [2.45, 2.75) is 33.7 Å². The Morgan fingerprint density at radius 1 is 1.36 bits per heavy atom. The van der Waals surface area contributed by atoms with E-state index in [1.54, 1.807) is 0 Å². The molecule has 0 aliphatic carbocycles. The number of urea groups is 1. The van der Waals surface area contributed by atoms with Crippen LogP contribution in [0.1, 0.15) is 27.7 Å². The summed E-state index contributed by atoms with van der Waals surface area (Å²) in [5.74, 6) is -1.05. The molecule has 1 atom stereocenters. The van der Waals surface area contributed by atoms with E-state index in [-0.39, 0.29) is 18.0 Å². The van der Waals surface area contributed by atoms with Crippen LogP contribution < -0.4 is 10.6 Å². The van der Waals surface area contributed by atoms with Crippen molar-refractivity contribution in [1.29, 1.82) is 0 Å². The molecule has 0 bridgehead atoms. The maximum Gasteiger partial charge on any atom is 0.323 e. The van der Waals surface area contributed by atoms with Crippen LogP contribution >= 0.6 is 0 Å². The Morgan fingerprint density at radius 3 is 2.21 bits per heavy atom. The molecule has 5 heteroatoms. The average molecular weight is 202 g/mol. The standard InChI is InChI=1S/C9H18N2O3/c1-6(9(2,3)4)11-8(14)10-5-7(12)13/h6H,5H2,1-4H3,(H,12,13)(H2,10,11,14). The van der Waals surface area contributed by atoms with Gasteiger partial charge in [0.05, 0.1) is 0 Å². The number of hydrogen-bond donors (Lipinski definition) is 3. The number of aliphatic carboxylic acids is 1. The van der Waals surface area contributed by atoms with Gasteiger partial charge in [0, 0.05) is 6.04 Å². The molecule has 0 fully saturated rings. The molecule has 0 aromatic carbocycles. The normalized spacial score (nSPS) is 13.1. The summed E-state index contributed by atoms with van der Waals surface area (Å²) in [6, 6.07) is -0.467. The molecule has 0 aromatic heterocycles. The van der Waals surface area contributed by atoms with Gasteiger partial charge in [0.2, 0.25) is 0 Å². The lowest BCUT2D eigenvalue weighted by Gasteiger charge is -2.27. The van der Waals surface area contributed by atoms with Crippen molar-refractivity contribution in [1.82, 2.24) is 10.6 Å². The number of amides is 2. The van der Waals surface area contributed by atoms with Gasteiger partial charge in [-0.1, -0.05) is 20.8 Å². The SMILES string of the molecule is CC(NC(=O)NCC(=O)O)C(C)(C)C. The minimum atomic E-state index is -1.05. The molecule has 0 rings (SSSR count). The molecule has 0 heterocycles. The molecule has 2 amide bonds. The molecule has 0 aromatic rings. The van der Waals surface area contributed by atoms with Crippen molar-refractivity contribution >= 4 is 12.0 Å². The summed E-state index contributed by atoms with van der Waals surface area (Å²) in [5, 5.41) is 13.2. The van der Waals surface area contributed by atoms with Crippen LogP contribution in [0.3, 0.4) is 0 Å². The van der Waals surface area contributed by atoms with E-state index in [1.807, 2.05) is 27.7 Å². The van der Waals surface area contributed by atoms with Gasteiger partial charge in [0.25, 0.3) is 0 Å². The molecule has 1 unspecified atom stereocenters. The summed E-state index contributed by atoms with van der Waals surface area (Å²) < 4.78 is 0. The van der Waals surface area contributed by atoms with Gasteiger partial charge in [-0.25, -0.2) is 4.79 Å². The van der Waals surface area contributed by atoms with E-state index in [0.29, 0.717) is 0 Å². The zero-order valence-electron chi connectivity index (χ0n) is 9.05. The Bertz CT molecular complexity index is 221. The summed E-state index contributed by atoms with van der Waals surface area (Å²) >= 11 is 0. The first-order valence-electron chi connectivity index (χ1n) is 4.49. The van der Waals surface area contributed by atoms with Crippen LogP contribution in [0.5, 0.6) is 0 Å². The maximum absolute atomic E-state index is 11.1. The first-order valence-corrected chi connectivity index (χ1v) is 4.49. The summed E-state index contributed by atoms with van der Waals surface area (Å²) in [6.07, 6.45) is 0.